The van der Waals surface area contributed by atoms with Gasteiger partial charge in [-0.05, 0) is 94.2 Å². The number of hydrogen-bond acceptors (Lipinski definition) is 6. The van der Waals surface area contributed by atoms with Crippen LogP contribution in [-0.4, -0.2) is 71.1 Å². The smallest absolute Gasteiger partial charge is 0.337 e. The van der Waals surface area contributed by atoms with Gasteiger partial charge in [-0.25, -0.2) is 9.78 Å². The highest BCUT2D eigenvalue weighted by molar-refractivity contribution is 5.98. The second-order valence-corrected chi connectivity index (χ2v) is 10.4. The molecule has 0 radical (unpaired) electrons. The lowest BCUT2D eigenvalue weighted by molar-refractivity contribution is 0.0600. The molecule has 2 aromatic carbocycles. The Hall–Kier alpha value is -3.39. The third-order valence-corrected chi connectivity index (χ3v) is 7.46. The third kappa shape index (κ3) is 7.38. The van der Waals surface area contributed by atoms with E-state index in [1.54, 1.807) is 12.1 Å². The van der Waals surface area contributed by atoms with E-state index in [0.29, 0.717) is 11.1 Å². The first-order valence-electron chi connectivity index (χ1n) is 14.5. The average Bonchev–Trinajstić information content (AvgIpc) is 3.60. The zero-order valence-corrected chi connectivity index (χ0v) is 23.7. The standard InChI is InChI=1S/C31H43N5O3/c1-4-6-20-35(21-7-5-2)29(37)25-13-16-27-28(23-25)36(22-10-19-34-17-8-9-18-34)31(33-27)32-26-14-11-24(12-15-26)30(38)39-3/h11-16,23H,4-10,17-22H2,1-3H3,(H,32,33). The van der Waals surface area contributed by atoms with E-state index >= 15 is 0 Å². The Morgan fingerprint density at radius 2 is 1.59 bits per heavy atom. The number of unbranched alkanes of at least 4 members (excludes halogenated alkanes) is 2. The number of fused-ring (bicyclic) bond motifs is 1. The minimum Gasteiger partial charge on any atom is -0.465 e. The first-order valence-corrected chi connectivity index (χ1v) is 14.5. The van der Waals surface area contributed by atoms with Crippen LogP contribution in [-0.2, 0) is 11.3 Å². The maximum Gasteiger partial charge on any atom is 0.337 e. The number of aryl methyl sites for hydroxylation is 1. The van der Waals surface area contributed by atoms with Crippen molar-refractivity contribution < 1.29 is 14.3 Å². The predicted octanol–water partition coefficient (Wildman–Crippen LogP) is 6.09. The fourth-order valence-electron chi connectivity index (χ4n) is 5.17. The average molecular weight is 534 g/mol. The molecule has 210 valence electrons. The molecule has 3 aromatic rings. The van der Waals surface area contributed by atoms with Crippen molar-refractivity contribution in [3.63, 3.8) is 0 Å². The van der Waals surface area contributed by atoms with Crippen LogP contribution in [0.2, 0.25) is 0 Å². The van der Waals surface area contributed by atoms with Crippen molar-refractivity contribution in [3.05, 3.63) is 53.6 Å². The van der Waals surface area contributed by atoms with Crippen molar-refractivity contribution in [1.82, 2.24) is 19.4 Å². The van der Waals surface area contributed by atoms with Crippen molar-refractivity contribution in [2.24, 2.45) is 0 Å². The number of nitrogens with zero attached hydrogens (tertiary/aromatic N) is 4. The molecule has 0 bridgehead atoms. The molecule has 4 rings (SSSR count). The van der Waals surface area contributed by atoms with Crippen LogP contribution in [0.15, 0.2) is 42.5 Å². The van der Waals surface area contributed by atoms with Gasteiger partial charge in [-0.2, -0.15) is 0 Å². The summed E-state index contributed by atoms with van der Waals surface area (Å²) in [5.41, 5.74) is 3.86. The predicted molar refractivity (Wildman–Crippen MR) is 157 cm³/mol. The van der Waals surface area contributed by atoms with Crippen molar-refractivity contribution >= 4 is 34.5 Å². The highest BCUT2D eigenvalue weighted by Crippen LogP contribution is 2.26. The molecule has 8 nitrogen and oxygen atoms in total. The molecule has 1 aromatic heterocycles. The number of anilines is 2. The number of rotatable bonds is 14. The number of carbonyl (C=O) groups is 2. The lowest BCUT2D eigenvalue weighted by Crippen LogP contribution is -2.33. The molecule has 2 heterocycles. The molecular formula is C31H43N5O3. The number of aromatic nitrogens is 2. The number of benzene rings is 2. The number of carbonyl (C=O) groups excluding carboxylic acids is 2. The van der Waals surface area contributed by atoms with Crippen molar-refractivity contribution in [2.45, 2.75) is 65.3 Å². The van der Waals surface area contributed by atoms with Crippen LogP contribution in [0.4, 0.5) is 11.6 Å². The van der Waals surface area contributed by atoms with Gasteiger partial charge < -0.3 is 24.4 Å². The SMILES string of the molecule is CCCCN(CCCC)C(=O)c1ccc2nc(Nc3ccc(C(=O)OC)cc3)n(CCCN3CCCC3)c2c1. The summed E-state index contributed by atoms with van der Waals surface area (Å²) >= 11 is 0. The van der Waals surface area contributed by atoms with Gasteiger partial charge in [0.15, 0.2) is 0 Å². The maximum absolute atomic E-state index is 13.5. The minimum atomic E-state index is -0.361. The Bertz CT molecular complexity index is 1220. The van der Waals surface area contributed by atoms with Crippen LogP contribution in [0.5, 0.6) is 0 Å². The summed E-state index contributed by atoms with van der Waals surface area (Å²) in [5, 5.41) is 3.44. The zero-order valence-electron chi connectivity index (χ0n) is 23.7. The molecule has 0 atom stereocenters. The van der Waals surface area contributed by atoms with E-state index in [0.717, 1.165) is 81.0 Å². The fourth-order valence-corrected chi connectivity index (χ4v) is 5.17. The van der Waals surface area contributed by atoms with Gasteiger partial charge in [0, 0.05) is 30.9 Å². The van der Waals surface area contributed by atoms with E-state index in [4.69, 9.17) is 9.72 Å². The second kappa shape index (κ2) is 14.1. The third-order valence-electron chi connectivity index (χ3n) is 7.46. The first-order chi connectivity index (χ1) is 19.0. The van der Waals surface area contributed by atoms with Gasteiger partial charge in [-0.3, -0.25) is 4.79 Å². The number of likely N-dealkylation sites (tertiary alicyclic amines) is 1. The van der Waals surface area contributed by atoms with Gasteiger partial charge in [0.05, 0.1) is 23.7 Å². The van der Waals surface area contributed by atoms with E-state index < -0.39 is 0 Å². The van der Waals surface area contributed by atoms with Crippen LogP contribution in [0.25, 0.3) is 11.0 Å². The second-order valence-electron chi connectivity index (χ2n) is 10.4. The van der Waals surface area contributed by atoms with Crippen LogP contribution in [0, 0.1) is 0 Å². The monoisotopic (exact) mass is 533 g/mol. The van der Waals surface area contributed by atoms with Gasteiger partial charge in [0.25, 0.3) is 5.91 Å². The van der Waals surface area contributed by atoms with Crippen molar-refractivity contribution in [3.8, 4) is 0 Å². The molecule has 1 fully saturated rings. The minimum absolute atomic E-state index is 0.0940. The summed E-state index contributed by atoms with van der Waals surface area (Å²) in [6.45, 7) is 10.1. The number of ether oxygens (including phenoxy) is 1. The van der Waals surface area contributed by atoms with Crippen molar-refractivity contribution in [1.29, 1.82) is 0 Å². The number of methoxy groups -OCH3 is 1. The Kier molecular flexibility index (Phi) is 10.4. The van der Waals surface area contributed by atoms with Gasteiger partial charge in [-0.1, -0.05) is 26.7 Å². The first kappa shape index (κ1) is 28.6. The van der Waals surface area contributed by atoms with E-state index in [2.05, 4.69) is 28.6 Å². The topological polar surface area (TPSA) is 79.7 Å². The van der Waals surface area contributed by atoms with Crippen LogP contribution < -0.4 is 5.32 Å². The molecular weight excluding hydrogens is 490 g/mol. The van der Waals surface area contributed by atoms with E-state index in [1.807, 2.05) is 35.2 Å². The van der Waals surface area contributed by atoms with E-state index in [-0.39, 0.29) is 11.9 Å². The molecule has 0 aliphatic carbocycles. The van der Waals surface area contributed by atoms with Gasteiger partial charge >= 0.3 is 5.97 Å². The molecule has 8 heteroatoms. The number of imidazole rings is 1. The van der Waals surface area contributed by atoms with E-state index in [1.165, 1.54) is 33.0 Å². The molecule has 0 unspecified atom stereocenters. The summed E-state index contributed by atoms with van der Waals surface area (Å²) in [7, 11) is 1.38. The molecule has 0 spiro atoms. The Labute approximate surface area is 232 Å². The molecule has 1 saturated heterocycles. The number of hydrogen-bond donors (Lipinski definition) is 1. The highest BCUT2D eigenvalue weighted by Gasteiger charge is 2.19. The Morgan fingerprint density at radius 3 is 2.23 bits per heavy atom. The molecule has 1 amide bonds. The molecule has 39 heavy (non-hydrogen) atoms. The van der Waals surface area contributed by atoms with Gasteiger partial charge in [0.1, 0.15) is 0 Å². The normalized spacial score (nSPS) is 13.6. The Balaban J connectivity index is 1.62. The molecule has 1 aliphatic rings. The summed E-state index contributed by atoms with van der Waals surface area (Å²) in [6.07, 6.45) is 7.70. The summed E-state index contributed by atoms with van der Waals surface area (Å²) in [4.78, 5) is 34.8. The van der Waals surface area contributed by atoms with Crippen molar-refractivity contribution in [2.75, 3.05) is 45.2 Å². The Morgan fingerprint density at radius 1 is 0.923 bits per heavy atom. The highest BCUT2D eigenvalue weighted by atomic mass is 16.5. The summed E-state index contributed by atoms with van der Waals surface area (Å²) < 4.78 is 7.01. The molecule has 1 aliphatic heterocycles. The van der Waals surface area contributed by atoms with Crippen LogP contribution >= 0.6 is 0 Å². The van der Waals surface area contributed by atoms with Crippen LogP contribution in [0.1, 0.15) is 79.5 Å². The number of nitrogens with one attached hydrogen (secondary N) is 1. The van der Waals surface area contributed by atoms with Gasteiger partial charge in [0.2, 0.25) is 5.95 Å². The zero-order chi connectivity index (χ0) is 27.6. The molecule has 0 saturated carbocycles. The lowest BCUT2D eigenvalue weighted by atomic mass is 10.1. The maximum atomic E-state index is 13.5. The molecule has 1 N–H and O–H groups in total. The largest absolute Gasteiger partial charge is 0.465 e. The number of esters is 1. The summed E-state index contributed by atoms with van der Waals surface area (Å²) in [5.74, 6) is 0.465. The quantitative estimate of drug-likeness (QED) is 0.253. The fraction of sp³-hybridized carbons (Fsp3) is 0.516. The summed E-state index contributed by atoms with van der Waals surface area (Å²) in [6, 6.07) is 13.1. The lowest BCUT2D eigenvalue weighted by Gasteiger charge is -2.22. The van der Waals surface area contributed by atoms with Gasteiger partial charge in [-0.15, -0.1) is 0 Å². The number of amides is 1. The van der Waals surface area contributed by atoms with E-state index in [9.17, 15) is 9.59 Å². The van der Waals surface area contributed by atoms with Crippen LogP contribution in [0.3, 0.4) is 0 Å².